The van der Waals surface area contributed by atoms with Crippen molar-refractivity contribution in [3.8, 4) is 0 Å². The molecule has 0 spiro atoms. The summed E-state index contributed by atoms with van der Waals surface area (Å²) in [7, 11) is 0. The van der Waals surface area contributed by atoms with E-state index in [0.29, 0.717) is 5.02 Å². The number of likely N-dealkylation sites (tertiary alicyclic amines) is 1. The van der Waals surface area contributed by atoms with Crippen LogP contribution in [0.1, 0.15) is 37.8 Å². The van der Waals surface area contributed by atoms with Crippen molar-refractivity contribution in [3.63, 3.8) is 0 Å². The summed E-state index contributed by atoms with van der Waals surface area (Å²) in [6.45, 7) is 3.60. The lowest BCUT2D eigenvalue weighted by Gasteiger charge is -2.35. The predicted molar refractivity (Wildman–Crippen MR) is 116 cm³/mol. The summed E-state index contributed by atoms with van der Waals surface area (Å²) >= 11 is 6.34. The van der Waals surface area contributed by atoms with E-state index in [2.05, 4.69) is 16.0 Å². The molecule has 1 fully saturated rings. The minimum Gasteiger partial charge on any atom is -0.339 e. The molecule has 6 heteroatoms. The molecule has 0 bridgehead atoms. The van der Waals surface area contributed by atoms with Gasteiger partial charge in [0.2, 0.25) is 5.95 Å². The van der Waals surface area contributed by atoms with Crippen LogP contribution in [0.25, 0.3) is 11.0 Å². The molecule has 5 rings (SSSR count). The number of nitrogens with zero attached hydrogens (tertiary/aromatic N) is 3. The Morgan fingerprint density at radius 1 is 1.10 bits per heavy atom. The van der Waals surface area contributed by atoms with E-state index in [9.17, 15) is 4.79 Å². The van der Waals surface area contributed by atoms with E-state index in [1.165, 1.54) is 6.42 Å². The van der Waals surface area contributed by atoms with E-state index in [1.54, 1.807) is 0 Å². The molecule has 1 N–H and O–H groups in total. The van der Waals surface area contributed by atoms with Crippen molar-refractivity contribution in [1.82, 2.24) is 14.5 Å². The SMILES string of the molecule is CC1=C(C(=O)N2CCCCC2)[C@@H](c2cccc(Cl)c2)n2c(nc3ccccc32)N1. The molecule has 2 aliphatic heterocycles. The largest absolute Gasteiger partial charge is 0.339 e. The number of fused-ring (bicyclic) bond motifs is 3. The second-order valence-electron chi connectivity index (χ2n) is 7.77. The van der Waals surface area contributed by atoms with E-state index in [1.807, 2.05) is 54.3 Å². The van der Waals surface area contributed by atoms with Gasteiger partial charge in [0, 0.05) is 23.8 Å². The summed E-state index contributed by atoms with van der Waals surface area (Å²) in [5.41, 5.74) is 4.51. The fourth-order valence-electron chi connectivity index (χ4n) is 4.50. The van der Waals surface area contributed by atoms with Gasteiger partial charge in [-0.25, -0.2) is 4.98 Å². The average Bonchev–Trinajstić information content (AvgIpc) is 3.10. The normalized spacial score (nSPS) is 19.2. The highest BCUT2D eigenvalue weighted by Gasteiger charge is 2.36. The summed E-state index contributed by atoms with van der Waals surface area (Å²) in [6, 6.07) is 15.6. The molecule has 0 unspecified atom stereocenters. The van der Waals surface area contributed by atoms with Crippen molar-refractivity contribution in [2.75, 3.05) is 18.4 Å². The van der Waals surface area contributed by atoms with E-state index in [-0.39, 0.29) is 11.9 Å². The van der Waals surface area contributed by atoms with Crippen LogP contribution in [-0.4, -0.2) is 33.4 Å². The molecule has 1 saturated heterocycles. The fraction of sp³-hybridized carbons (Fsp3) is 0.304. The van der Waals surface area contributed by atoms with E-state index in [4.69, 9.17) is 16.6 Å². The zero-order valence-corrected chi connectivity index (χ0v) is 17.1. The van der Waals surface area contributed by atoms with Gasteiger partial charge in [0.25, 0.3) is 5.91 Å². The Labute approximate surface area is 175 Å². The smallest absolute Gasteiger partial charge is 0.254 e. The van der Waals surface area contributed by atoms with Gasteiger partial charge in [-0.05, 0) is 56.0 Å². The first kappa shape index (κ1) is 18.3. The first-order valence-electron chi connectivity index (χ1n) is 10.1. The Morgan fingerprint density at radius 3 is 2.69 bits per heavy atom. The lowest BCUT2D eigenvalue weighted by Crippen LogP contribution is -2.40. The maximum atomic E-state index is 13.7. The van der Waals surface area contributed by atoms with Crippen LogP contribution in [0.5, 0.6) is 0 Å². The first-order valence-corrected chi connectivity index (χ1v) is 10.5. The molecule has 1 amide bonds. The lowest BCUT2D eigenvalue weighted by molar-refractivity contribution is -0.128. The van der Waals surface area contributed by atoms with Gasteiger partial charge in [0.1, 0.15) is 0 Å². The minimum absolute atomic E-state index is 0.100. The summed E-state index contributed by atoms with van der Waals surface area (Å²) < 4.78 is 2.13. The molecule has 3 aromatic rings. The van der Waals surface area contributed by atoms with Gasteiger partial charge in [-0.2, -0.15) is 0 Å². The number of rotatable bonds is 2. The maximum Gasteiger partial charge on any atom is 0.254 e. The third-order valence-corrected chi connectivity index (χ3v) is 6.10. The van der Waals surface area contributed by atoms with Crippen LogP contribution in [0.2, 0.25) is 5.02 Å². The zero-order chi connectivity index (χ0) is 20.0. The third-order valence-electron chi connectivity index (χ3n) is 5.87. The number of hydrogen-bond acceptors (Lipinski definition) is 3. The van der Waals surface area contributed by atoms with Crippen LogP contribution in [-0.2, 0) is 4.79 Å². The van der Waals surface area contributed by atoms with Crippen molar-refractivity contribution < 1.29 is 4.79 Å². The van der Waals surface area contributed by atoms with Crippen LogP contribution in [0.4, 0.5) is 5.95 Å². The topological polar surface area (TPSA) is 50.2 Å². The van der Waals surface area contributed by atoms with Crippen LogP contribution in [0.15, 0.2) is 59.8 Å². The van der Waals surface area contributed by atoms with Crippen molar-refractivity contribution in [1.29, 1.82) is 0 Å². The van der Waals surface area contributed by atoms with Crippen LogP contribution in [0.3, 0.4) is 0 Å². The second kappa shape index (κ2) is 7.23. The van der Waals surface area contributed by atoms with Crippen molar-refractivity contribution in [2.45, 2.75) is 32.2 Å². The van der Waals surface area contributed by atoms with Crippen molar-refractivity contribution in [2.24, 2.45) is 0 Å². The van der Waals surface area contributed by atoms with Crippen LogP contribution < -0.4 is 5.32 Å². The van der Waals surface area contributed by atoms with Crippen LogP contribution >= 0.6 is 11.6 Å². The second-order valence-corrected chi connectivity index (χ2v) is 8.20. The molecule has 0 radical (unpaired) electrons. The molecule has 3 heterocycles. The Hall–Kier alpha value is -2.79. The monoisotopic (exact) mass is 406 g/mol. The highest BCUT2D eigenvalue weighted by atomic mass is 35.5. The average molecular weight is 407 g/mol. The number of aromatic nitrogens is 2. The van der Waals surface area contributed by atoms with Gasteiger partial charge in [0.05, 0.1) is 22.6 Å². The number of carbonyl (C=O) groups is 1. The number of imidazole rings is 1. The standard InChI is InChI=1S/C23H23ClN4O/c1-15-20(22(29)27-12-5-2-6-13-27)21(16-8-7-9-17(24)14-16)28-19-11-4-3-10-18(19)26-23(28)25-15/h3-4,7-11,14,21H,2,5-6,12-13H2,1H3,(H,25,26)/t21-/m1/s1. The molecule has 1 aromatic heterocycles. The number of allylic oxidation sites excluding steroid dienone is 1. The van der Waals surface area contributed by atoms with Gasteiger partial charge in [-0.1, -0.05) is 35.9 Å². The van der Waals surface area contributed by atoms with Gasteiger partial charge in [0.15, 0.2) is 0 Å². The number of halogens is 1. The number of benzene rings is 2. The zero-order valence-electron chi connectivity index (χ0n) is 16.4. The highest BCUT2D eigenvalue weighted by Crippen LogP contribution is 2.40. The number of piperidine rings is 1. The highest BCUT2D eigenvalue weighted by molar-refractivity contribution is 6.30. The van der Waals surface area contributed by atoms with Gasteiger partial charge in [-0.15, -0.1) is 0 Å². The molecule has 29 heavy (non-hydrogen) atoms. The fourth-order valence-corrected chi connectivity index (χ4v) is 4.70. The first-order chi connectivity index (χ1) is 14.1. The molecule has 0 aliphatic carbocycles. The number of amides is 1. The lowest BCUT2D eigenvalue weighted by atomic mass is 9.93. The molecule has 2 aromatic carbocycles. The summed E-state index contributed by atoms with van der Waals surface area (Å²) in [4.78, 5) is 20.4. The molecule has 5 nitrogen and oxygen atoms in total. The maximum absolute atomic E-state index is 13.7. The van der Waals surface area contributed by atoms with E-state index in [0.717, 1.165) is 59.7 Å². The molecular weight excluding hydrogens is 384 g/mol. The number of carbonyl (C=O) groups excluding carboxylic acids is 1. The Bertz CT molecular complexity index is 1130. The van der Waals surface area contributed by atoms with Crippen LogP contribution in [0, 0.1) is 0 Å². The summed E-state index contributed by atoms with van der Waals surface area (Å²) in [5.74, 6) is 0.854. The van der Waals surface area contributed by atoms with Gasteiger partial charge in [-0.3, -0.25) is 9.36 Å². The van der Waals surface area contributed by atoms with Gasteiger partial charge >= 0.3 is 0 Å². The quantitative estimate of drug-likeness (QED) is 0.652. The third kappa shape index (κ3) is 3.10. The molecule has 1 atom stereocenters. The number of hydrogen-bond donors (Lipinski definition) is 1. The Kier molecular flexibility index (Phi) is 4.55. The number of para-hydroxylation sites is 2. The number of nitrogens with one attached hydrogen (secondary N) is 1. The predicted octanol–water partition coefficient (Wildman–Crippen LogP) is 4.99. The van der Waals surface area contributed by atoms with Gasteiger partial charge < -0.3 is 10.2 Å². The molecule has 2 aliphatic rings. The summed E-state index contributed by atoms with van der Waals surface area (Å²) in [6.07, 6.45) is 3.31. The summed E-state index contributed by atoms with van der Waals surface area (Å²) in [5, 5.41) is 4.05. The number of anilines is 1. The molecular formula is C23H23ClN4O. The Morgan fingerprint density at radius 2 is 1.90 bits per heavy atom. The van der Waals surface area contributed by atoms with E-state index < -0.39 is 0 Å². The van der Waals surface area contributed by atoms with E-state index >= 15 is 0 Å². The van der Waals surface area contributed by atoms with Crippen molar-refractivity contribution in [3.05, 3.63) is 70.4 Å². The minimum atomic E-state index is -0.272. The van der Waals surface area contributed by atoms with Crippen molar-refractivity contribution >= 4 is 34.5 Å². The molecule has 0 saturated carbocycles. The Balaban J connectivity index is 1.71. The molecule has 148 valence electrons.